The first-order valence-electron chi connectivity index (χ1n) is 4.75. The van der Waals surface area contributed by atoms with Crippen LogP contribution >= 0.6 is 11.7 Å². The summed E-state index contributed by atoms with van der Waals surface area (Å²) in [7, 11) is 0. The molecule has 2 rings (SSSR count). The van der Waals surface area contributed by atoms with E-state index in [1.165, 1.54) is 11.7 Å². The van der Waals surface area contributed by atoms with Crippen molar-refractivity contribution in [3.05, 3.63) is 23.8 Å². The zero-order valence-corrected chi connectivity index (χ0v) is 9.76. The Labute approximate surface area is 92.5 Å². The van der Waals surface area contributed by atoms with Gasteiger partial charge >= 0.3 is 0 Å². The van der Waals surface area contributed by atoms with Gasteiger partial charge in [-0.25, -0.2) is 0 Å². The van der Waals surface area contributed by atoms with Gasteiger partial charge in [0.25, 0.3) is 0 Å². The summed E-state index contributed by atoms with van der Waals surface area (Å²) in [4.78, 5) is 12.0. The molecule has 0 saturated heterocycles. The normalized spacial score (nSPS) is 11.9. The average molecular weight is 220 g/mol. The molecule has 4 heteroatoms. The number of carbonyl (C=O) groups is 1. The summed E-state index contributed by atoms with van der Waals surface area (Å²) in [5.41, 5.74) is 2.01. The van der Waals surface area contributed by atoms with Crippen LogP contribution in [0.4, 0.5) is 0 Å². The van der Waals surface area contributed by atoms with Gasteiger partial charge in [0.2, 0.25) is 0 Å². The summed E-state index contributed by atoms with van der Waals surface area (Å²) in [5, 5.41) is 0. The summed E-state index contributed by atoms with van der Waals surface area (Å²) < 4.78 is 8.22. The molecule has 1 aromatic heterocycles. The number of benzene rings is 1. The van der Waals surface area contributed by atoms with Crippen molar-refractivity contribution in [2.75, 3.05) is 0 Å². The van der Waals surface area contributed by atoms with Crippen LogP contribution in [0.25, 0.3) is 11.0 Å². The number of carbonyl (C=O) groups excluding carboxylic acids is 1. The third-order valence-electron chi connectivity index (χ3n) is 2.20. The molecule has 0 amide bonds. The van der Waals surface area contributed by atoms with Crippen LogP contribution in [0.1, 0.15) is 31.1 Å². The molecule has 1 heterocycles. The van der Waals surface area contributed by atoms with E-state index >= 15 is 0 Å². The first kappa shape index (κ1) is 10.2. The van der Waals surface area contributed by atoms with Crippen LogP contribution in [0.2, 0.25) is 0 Å². The van der Waals surface area contributed by atoms with Gasteiger partial charge in [0.15, 0.2) is 5.78 Å². The third-order valence-corrected chi connectivity index (χ3v) is 2.75. The van der Waals surface area contributed by atoms with E-state index in [0.29, 0.717) is 5.56 Å². The van der Waals surface area contributed by atoms with E-state index < -0.39 is 0 Å². The van der Waals surface area contributed by atoms with Gasteiger partial charge < -0.3 is 0 Å². The smallest absolute Gasteiger partial charge is 0.168 e. The number of hydrogen-bond acceptors (Lipinski definition) is 4. The Morgan fingerprint density at radius 3 is 2.53 bits per heavy atom. The first-order chi connectivity index (χ1) is 6.98. The lowest BCUT2D eigenvalue weighted by Crippen LogP contribution is -2.19. The molecule has 1 aromatic carbocycles. The van der Waals surface area contributed by atoms with E-state index in [1.807, 2.05) is 39.0 Å². The minimum atomic E-state index is -0.350. The summed E-state index contributed by atoms with van der Waals surface area (Å²) in [6, 6.07) is 5.47. The van der Waals surface area contributed by atoms with Crippen LogP contribution in [0.15, 0.2) is 18.2 Å². The van der Waals surface area contributed by atoms with Gasteiger partial charge in [-0.1, -0.05) is 20.8 Å². The molecule has 0 fully saturated rings. The molecule has 3 nitrogen and oxygen atoms in total. The molecule has 0 bridgehead atoms. The average Bonchev–Trinajstić information content (AvgIpc) is 2.61. The highest BCUT2D eigenvalue weighted by atomic mass is 32.1. The van der Waals surface area contributed by atoms with Crippen molar-refractivity contribution in [3.8, 4) is 0 Å². The van der Waals surface area contributed by atoms with Crippen molar-refractivity contribution in [2.45, 2.75) is 20.8 Å². The number of fused-ring (bicyclic) bond motifs is 1. The number of Topliss-reactive ketones (excluding diaryl/α,β-unsaturated/α-hetero) is 1. The monoisotopic (exact) mass is 220 g/mol. The third kappa shape index (κ3) is 1.90. The van der Waals surface area contributed by atoms with E-state index in [0.717, 1.165) is 11.0 Å². The van der Waals surface area contributed by atoms with Gasteiger partial charge in [-0.15, -0.1) is 0 Å². The van der Waals surface area contributed by atoms with Crippen molar-refractivity contribution in [3.63, 3.8) is 0 Å². The quantitative estimate of drug-likeness (QED) is 0.694. The Balaban J connectivity index is 2.49. The lowest BCUT2D eigenvalue weighted by atomic mass is 9.86. The summed E-state index contributed by atoms with van der Waals surface area (Å²) in [6.07, 6.45) is 0. The number of ketones is 1. The molecule has 2 aromatic rings. The molecule has 0 radical (unpaired) electrons. The second-order valence-electron chi connectivity index (χ2n) is 4.55. The Morgan fingerprint density at radius 2 is 1.87 bits per heavy atom. The first-order valence-corrected chi connectivity index (χ1v) is 5.48. The minimum absolute atomic E-state index is 0.136. The molecule has 0 spiro atoms. The van der Waals surface area contributed by atoms with Crippen molar-refractivity contribution < 1.29 is 4.79 Å². The van der Waals surface area contributed by atoms with E-state index in [4.69, 9.17) is 0 Å². The Morgan fingerprint density at radius 1 is 1.20 bits per heavy atom. The van der Waals surface area contributed by atoms with Crippen LogP contribution in [0.3, 0.4) is 0 Å². The van der Waals surface area contributed by atoms with Crippen LogP contribution in [0.5, 0.6) is 0 Å². The molecule has 15 heavy (non-hydrogen) atoms. The fourth-order valence-corrected chi connectivity index (χ4v) is 1.87. The molecular weight excluding hydrogens is 208 g/mol. The van der Waals surface area contributed by atoms with Gasteiger partial charge in [0.1, 0.15) is 11.0 Å². The topological polar surface area (TPSA) is 42.9 Å². The second kappa shape index (κ2) is 3.38. The molecule has 0 aliphatic carbocycles. The van der Waals surface area contributed by atoms with E-state index in [1.54, 1.807) is 0 Å². The van der Waals surface area contributed by atoms with Gasteiger partial charge in [-0.05, 0) is 18.2 Å². The standard InChI is InChI=1S/C11H12N2OS/c1-11(2,3)10(14)7-4-5-8-9(6-7)13-15-12-8/h4-6H,1-3H3. The highest BCUT2D eigenvalue weighted by Crippen LogP contribution is 2.22. The highest BCUT2D eigenvalue weighted by molar-refractivity contribution is 7.00. The minimum Gasteiger partial charge on any atom is -0.294 e. The number of hydrogen-bond donors (Lipinski definition) is 0. The predicted octanol–water partition coefficient (Wildman–Crippen LogP) is 2.92. The Hall–Kier alpha value is -1.29. The Kier molecular flexibility index (Phi) is 2.31. The molecule has 0 saturated carbocycles. The number of aromatic nitrogens is 2. The summed E-state index contributed by atoms with van der Waals surface area (Å²) in [5.74, 6) is 0.136. The highest BCUT2D eigenvalue weighted by Gasteiger charge is 2.23. The SMILES string of the molecule is CC(C)(C)C(=O)c1ccc2nsnc2c1. The van der Waals surface area contributed by atoms with Gasteiger partial charge in [-0.2, -0.15) is 8.75 Å². The van der Waals surface area contributed by atoms with Crippen LogP contribution < -0.4 is 0 Å². The predicted molar refractivity (Wildman–Crippen MR) is 61.2 cm³/mol. The molecule has 0 aliphatic heterocycles. The lowest BCUT2D eigenvalue weighted by Gasteiger charge is -2.16. The zero-order valence-electron chi connectivity index (χ0n) is 8.94. The fraction of sp³-hybridized carbons (Fsp3) is 0.364. The van der Waals surface area contributed by atoms with Gasteiger partial charge in [0.05, 0.1) is 11.7 Å². The van der Waals surface area contributed by atoms with Crippen molar-refractivity contribution in [1.82, 2.24) is 8.75 Å². The van der Waals surface area contributed by atoms with E-state index in [-0.39, 0.29) is 11.2 Å². The van der Waals surface area contributed by atoms with Crippen LogP contribution in [0, 0.1) is 5.41 Å². The van der Waals surface area contributed by atoms with Crippen molar-refractivity contribution >= 4 is 28.5 Å². The van der Waals surface area contributed by atoms with Gasteiger partial charge in [0, 0.05) is 11.0 Å². The molecule has 0 N–H and O–H groups in total. The zero-order chi connectivity index (χ0) is 11.1. The largest absolute Gasteiger partial charge is 0.294 e. The molecule has 78 valence electrons. The van der Waals surface area contributed by atoms with Crippen LogP contribution in [-0.4, -0.2) is 14.5 Å². The van der Waals surface area contributed by atoms with Crippen LogP contribution in [-0.2, 0) is 0 Å². The second-order valence-corrected chi connectivity index (χ2v) is 5.08. The van der Waals surface area contributed by atoms with E-state index in [9.17, 15) is 4.79 Å². The summed E-state index contributed by atoms with van der Waals surface area (Å²) in [6.45, 7) is 5.75. The Bertz CT molecular complexity index is 511. The maximum Gasteiger partial charge on any atom is 0.168 e. The molecular formula is C11H12N2OS. The van der Waals surface area contributed by atoms with Gasteiger partial charge in [-0.3, -0.25) is 4.79 Å². The summed E-state index contributed by atoms with van der Waals surface area (Å²) >= 11 is 1.17. The van der Waals surface area contributed by atoms with E-state index in [2.05, 4.69) is 8.75 Å². The molecule has 0 atom stereocenters. The molecule has 0 aliphatic rings. The maximum absolute atomic E-state index is 12.0. The van der Waals surface area contributed by atoms with Crippen molar-refractivity contribution in [2.24, 2.45) is 5.41 Å². The fourth-order valence-electron chi connectivity index (χ4n) is 1.36. The maximum atomic E-state index is 12.0. The molecule has 0 unspecified atom stereocenters. The number of rotatable bonds is 1. The van der Waals surface area contributed by atoms with Crippen molar-refractivity contribution in [1.29, 1.82) is 0 Å². The lowest BCUT2D eigenvalue weighted by molar-refractivity contribution is 0.0858. The number of nitrogens with zero attached hydrogens (tertiary/aromatic N) is 2.